The highest BCUT2D eigenvalue weighted by molar-refractivity contribution is 5.82. The van der Waals surface area contributed by atoms with Crippen LogP contribution in [0.5, 0.6) is 0 Å². The fraction of sp³-hybridized carbons (Fsp3) is 0.915. The lowest BCUT2D eigenvalue weighted by Gasteiger charge is -2.37. The molecule has 12 N–H and O–H groups in total. The zero-order chi connectivity index (χ0) is 61.4. The number of quaternary nitrogens is 2. The molecule has 0 aliphatic carbocycles. The van der Waals surface area contributed by atoms with Crippen molar-refractivity contribution in [2.75, 3.05) is 125 Å². The second-order valence-electron chi connectivity index (χ2n) is 26.0. The first kappa shape index (κ1) is 82.1. The van der Waals surface area contributed by atoms with Crippen LogP contribution in [-0.4, -0.2) is 158 Å². The van der Waals surface area contributed by atoms with Crippen LogP contribution in [0.2, 0.25) is 0 Å². The number of nitrogens with zero attached hydrogens (tertiary/aromatic N) is 2. The molecular formula is C71H149N11O2+2. The van der Waals surface area contributed by atoms with Crippen LogP contribution >= 0.6 is 0 Å². The van der Waals surface area contributed by atoms with Gasteiger partial charge in [0.1, 0.15) is 0 Å². The first-order valence-corrected chi connectivity index (χ1v) is 36.6. The van der Waals surface area contributed by atoms with Crippen molar-refractivity contribution in [3.8, 4) is 0 Å². The quantitative estimate of drug-likeness (QED) is 0.0162. The van der Waals surface area contributed by atoms with Gasteiger partial charge in [-0.2, -0.15) is 0 Å². The minimum absolute atomic E-state index is 0.126. The monoisotopic (exact) mass is 1190 g/mol. The van der Waals surface area contributed by atoms with Gasteiger partial charge in [-0.25, -0.2) is 0 Å². The number of unbranched alkanes of at least 4 members (excludes halogenated alkanes) is 26. The van der Waals surface area contributed by atoms with Crippen LogP contribution in [0.15, 0.2) is 24.3 Å². The summed E-state index contributed by atoms with van der Waals surface area (Å²) in [5.41, 5.74) is 17.2. The van der Waals surface area contributed by atoms with Gasteiger partial charge in [-0.1, -0.05) is 154 Å². The van der Waals surface area contributed by atoms with E-state index in [1.807, 2.05) is 0 Å². The van der Waals surface area contributed by atoms with Gasteiger partial charge >= 0.3 is 0 Å². The summed E-state index contributed by atoms with van der Waals surface area (Å²) in [7, 11) is 5.01. The second kappa shape index (κ2) is 64.1. The van der Waals surface area contributed by atoms with E-state index >= 15 is 0 Å². The van der Waals surface area contributed by atoms with Crippen LogP contribution in [0.1, 0.15) is 284 Å². The predicted molar refractivity (Wildman–Crippen MR) is 369 cm³/mol. The van der Waals surface area contributed by atoms with Gasteiger partial charge in [0.05, 0.1) is 65.4 Å². The molecule has 0 aromatic rings. The van der Waals surface area contributed by atoms with E-state index in [0.717, 1.165) is 138 Å². The minimum atomic E-state index is -0.190. The molecule has 0 saturated heterocycles. The molecule has 0 aromatic heterocycles. The van der Waals surface area contributed by atoms with Crippen LogP contribution in [0, 0.1) is 0 Å². The highest BCUT2D eigenvalue weighted by Crippen LogP contribution is 2.18. The van der Waals surface area contributed by atoms with Crippen molar-refractivity contribution in [1.29, 1.82) is 0 Å². The Morgan fingerprint density at radius 2 is 0.595 bits per heavy atom. The summed E-state index contributed by atoms with van der Waals surface area (Å²) in [5.74, 6) is 0.288. The molecule has 0 fully saturated rings. The smallest absolute Gasteiger partial charge is 0.237 e. The normalized spacial score (nSPS) is 14.1. The molecule has 0 heterocycles. The Balaban J connectivity index is 5.69. The minimum Gasteiger partial charge on any atom is -0.355 e. The number of amides is 2. The molecule has 498 valence electrons. The van der Waals surface area contributed by atoms with Gasteiger partial charge in [0.25, 0.3) is 0 Å². The number of rotatable bonds is 69. The Morgan fingerprint density at radius 1 is 0.321 bits per heavy atom. The third-order valence-corrected chi connectivity index (χ3v) is 17.5. The van der Waals surface area contributed by atoms with Gasteiger partial charge in [-0.15, -0.1) is 0 Å². The van der Waals surface area contributed by atoms with E-state index in [0.29, 0.717) is 26.2 Å². The predicted octanol–water partition coefficient (Wildman–Crippen LogP) is 13.2. The summed E-state index contributed by atoms with van der Waals surface area (Å²) in [4.78, 5) is 27.2. The third-order valence-electron chi connectivity index (χ3n) is 17.5. The summed E-state index contributed by atoms with van der Waals surface area (Å²) in [6.07, 6.45) is 60.1. The molecule has 4 unspecified atom stereocenters. The maximum atomic E-state index is 13.6. The van der Waals surface area contributed by atoms with E-state index in [-0.39, 0.29) is 23.9 Å². The van der Waals surface area contributed by atoms with Gasteiger partial charge in [0.2, 0.25) is 11.8 Å². The van der Waals surface area contributed by atoms with Crippen molar-refractivity contribution in [2.45, 2.75) is 296 Å². The van der Waals surface area contributed by atoms with Gasteiger partial charge < -0.3 is 58.1 Å². The summed E-state index contributed by atoms with van der Waals surface area (Å²) in [6.45, 7) is 22.6. The largest absolute Gasteiger partial charge is 0.355 e. The summed E-state index contributed by atoms with van der Waals surface area (Å²) in [5, 5.41) is 20.8. The molecule has 0 spiro atoms. The highest BCUT2D eigenvalue weighted by atomic mass is 16.2. The summed E-state index contributed by atoms with van der Waals surface area (Å²) < 4.78 is 2.16. The lowest BCUT2D eigenvalue weighted by Crippen LogP contribution is -2.50. The van der Waals surface area contributed by atoms with Crippen LogP contribution in [0.3, 0.4) is 0 Å². The number of nitrogens with two attached hydrogens (primary N) is 3. The number of carbonyl (C=O) groups is 2. The molecule has 0 radical (unpaired) electrons. The molecular weight excluding hydrogens is 1040 g/mol. The Labute approximate surface area is 522 Å². The Bertz CT molecular complexity index is 1330. The van der Waals surface area contributed by atoms with Crippen molar-refractivity contribution in [2.24, 2.45) is 17.2 Å². The molecule has 84 heavy (non-hydrogen) atoms. The lowest BCUT2D eigenvalue weighted by molar-refractivity contribution is -0.916. The van der Waals surface area contributed by atoms with E-state index in [4.69, 9.17) is 17.2 Å². The Hall–Kier alpha value is -1.94. The maximum absolute atomic E-state index is 13.6. The van der Waals surface area contributed by atoms with E-state index in [1.165, 1.54) is 219 Å². The fourth-order valence-corrected chi connectivity index (χ4v) is 11.8. The Morgan fingerprint density at radius 3 is 0.940 bits per heavy atom. The van der Waals surface area contributed by atoms with Gasteiger partial charge in [0, 0.05) is 38.8 Å². The molecule has 0 bridgehead atoms. The summed E-state index contributed by atoms with van der Waals surface area (Å²) >= 11 is 0. The standard InChI is InChI=1S/C71H147N11O2/c1-6-9-12-14-16-18-20-22-24-26-28-30-32-34-36-38-62-81(4,66-47-60-79-70(83)68(77-58-11-8-3)49-42-54-75-56-44-51-72)64-40-41-65-82(5,63-39-37-35-33-31-29-27-25-23-21-19-17-15-13-10-7-2)67-48-61-80-71(84)69(78-59-46-53-74)50-43-55-76-57-45-52-73/h22-25,68-69,75-78H,6-21,26-67,72-74H2,1-5H3/p+2. The van der Waals surface area contributed by atoms with Crippen molar-refractivity contribution in [1.82, 2.24) is 31.9 Å². The number of allylic oxidation sites excluding steroid dienone is 4. The van der Waals surface area contributed by atoms with Crippen molar-refractivity contribution in [3.63, 3.8) is 0 Å². The molecule has 13 heteroatoms. The molecule has 0 saturated carbocycles. The van der Waals surface area contributed by atoms with Gasteiger partial charge in [-0.3, -0.25) is 9.59 Å². The van der Waals surface area contributed by atoms with Crippen LogP contribution in [0.4, 0.5) is 0 Å². The van der Waals surface area contributed by atoms with Crippen molar-refractivity contribution in [3.05, 3.63) is 24.3 Å². The fourth-order valence-electron chi connectivity index (χ4n) is 11.8. The topological polar surface area (TPSA) is 184 Å². The molecule has 0 rings (SSSR count). The molecule has 0 aliphatic heterocycles. The van der Waals surface area contributed by atoms with Crippen molar-refractivity contribution >= 4 is 11.8 Å². The summed E-state index contributed by atoms with van der Waals surface area (Å²) in [6, 6.07) is -0.329. The lowest BCUT2D eigenvalue weighted by atomic mass is 10.1. The van der Waals surface area contributed by atoms with E-state index in [2.05, 4.69) is 91.1 Å². The molecule has 13 nitrogen and oxygen atoms in total. The zero-order valence-electron chi connectivity index (χ0n) is 56.9. The van der Waals surface area contributed by atoms with E-state index in [9.17, 15) is 9.59 Å². The van der Waals surface area contributed by atoms with E-state index < -0.39 is 0 Å². The Kier molecular flexibility index (Phi) is 62.6. The molecule has 0 aliphatic rings. The van der Waals surface area contributed by atoms with E-state index in [1.54, 1.807) is 0 Å². The average molecular weight is 1190 g/mol. The number of nitrogens with one attached hydrogen (secondary N) is 6. The average Bonchev–Trinajstić information content (AvgIpc) is 3.64. The first-order chi connectivity index (χ1) is 41.1. The second-order valence-corrected chi connectivity index (χ2v) is 26.0. The number of carbonyl (C=O) groups excluding carboxylic acids is 2. The molecule has 2 amide bonds. The van der Waals surface area contributed by atoms with Crippen molar-refractivity contribution < 1.29 is 18.6 Å². The van der Waals surface area contributed by atoms with Crippen LogP contribution in [0.25, 0.3) is 0 Å². The van der Waals surface area contributed by atoms with Gasteiger partial charge in [-0.05, 0) is 187 Å². The van der Waals surface area contributed by atoms with Gasteiger partial charge in [0.15, 0.2) is 0 Å². The molecule has 0 aromatic carbocycles. The number of hydrogen-bond acceptors (Lipinski definition) is 9. The first-order valence-electron chi connectivity index (χ1n) is 36.6. The third kappa shape index (κ3) is 55.4. The zero-order valence-corrected chi connectivity index (χ0v) is 56.9. The van der Waals surface area contributed by atoms with Crippen LogP contribution < -0.4 is 49.1 Å². The number of hydrogen-bond donors (Lipinski definition) is 9. The maximum Gasteiger partial charge on any atom is 0.237 e. The SMILES string of the molecule is CCCCCCCCC=CCCCCCCCC[N+](C)(CCCC[N+](C)(CCCCCCCCC=CCCCCCCCC)CCCNC(=O)C(CCCNCCCN)NCCCN)CCCNC(=O)C(CCCNCCCN)NCCCC. The highest BCUT2D eigenvalue weighted by Gasteiger charge is 2.25. The molecule has 4 atom stereocenters. The van der Waals surface area contributed by atoms with Crippen LogP contribution in [-0.2, 0) is 9.59 Å².